The summed E-state index contributed by atoms with van der Waals surface area (Å²) in [4.78, 5) is 10.2. The molecule has 58 heavy (non-hydrogen) atoms. The molecule has 9 rings (SSSR count). The third kappa shape index (κ3) is 7.64. The monoisotopic (exact) mass is 739 g/mol. The van der Waals surface area contributed by atoms with E-state index in [2.05, 4.69) is 164 Å². The topological polar surface area (TPSA) is 49.6 Å². The Balaban J connectivity index is 1.23. The fourth-order valence-corrected chi connectivity index (χ4v) is 7.50. The van der Waals surface area contributed by atoms with Gasteiger partial charge >= 0.3 is 0 Å². The van der Waals surface area contributed by atoms with Crippen molar-refractivity contribution in [1.29, 1.82) is 5.26 Å². The Morgan fingerprint density at radius 2 is 0.724 bits per heavy atom. The van der Waals surface area contributed by atoms with Gasteiger partial charge in [0.25, 0.3) is 0 Å². The first-order chi connectivity index (χ1) is 28.7. The van der Waals surface area contributed by atoms with E-state index in [9.17, 15) is 5.26 Å². The molecule has 0 aliphatic heterocycles. The summed E-state index contributed by atoms with van der Waals surface area (Å²) in [7, 11) is 0. The first-order valence-corrected chi connectivity index (χ1v) is 19.4. The van der Waals surface area contributed by atoms with Gasteiger partial charge in [-0.05, 0) is 92.1 Å². The van der Waals surface area contributed by atoms with Crippen LogP contribution in [0.5, 0.6) is 0 Å². The van der Waals surface area contributed by atoms with E-state index in [-0.39, 0.29) is 0 Å². The molecule has 0 aliphatic carbocycles. The molecule has 1 heterocycles. The normalized spacial score (nSPS) is 10.7. The van der Waals surface area contributed by atoms with Crippen LogP contribution in [0.4, 0.5) is 0 Å². The zero-order valence-electron chi connectivity index (χ0n) is 31.7. The number of hydrogen-bond acceptors (Lipinski definition) is 3. The number of hydrogen-bond donors (Lipinski definition) is 0. The van der Waals surface area contributed by atoms with Gasteiger partial charge in [0.15, 0.2) is 5.82 Å². The van der Waals surface area contributed by atoms with Crippen molar-refractivity contribution in [1.82, 2.24) is 9.97 Å². The van der Waals surface area contributed by atoms with Crippen molar-refractivity contribution in [2.24, 2.45) is 0 Å². The minimum Gasteiger partial charge on any atom is -0.228 e. The number of rotatable bonds is 9. The summed E-state index contributed by atoms with van der Waals surface area (Å²) in [5.74, 6) is 0.660. The molecule has 0 unspecified atom stereocenters. The fraction of sp³-hybridized carbons (Fsp3) is 0. The van der Waals surface area contributed by atoms with Gasteiger partial charge < -0.3 is 0 Å². The van der Waals surface area contributed by atoms with Crippen LogP contribution in [0.25, 0.3) is 67.3 Å². The molecule has 0 fully saturated rings. The highest BCUT2D eigenvalue weighted by atomic mass is 14.9. The zero-order valence-corrected chi connectivity index (χ0v) is 31.7. The maximum Gasteiger partial charge on any atom is 0.160 e. The smallest absolute Gasteiger partial charge is 0.160 e. The second-order valence-corrected chi connectivity index (χ2v) is 14.1. The van der Waals surface area contributed by atoms with Gasteiger partial charge in [0.2, 0.25) is 0 Å². The van der Waals surface area contributed by atoms with Crippen LogP contribution in [-0.4, -0.2) is 9.97 Å². The van der Waals surface area contributed by atoms with Crippen molar-refractivity contribution in [2.45, 2.75) is 0 Å². The lowest BCUT2D eigenvalue weighted by molar-refractivity contribution is 1.18. The maximum atomic E-state index is 9.82. The van der Waals surface area contributed by atoms with Crippen LogP contribution < -0.4 is 0 Å². The lowest BCUT2D eigenvalue weighted by atomic mass is 9.85. The quantitative estimate of drug-likeness (QED) is 0.139. The average molecular weight is 740 g/mol. The van der Waals surface area contributed by atoms with E-state index in [4.69, 9.17) is 9.97 Å². The van der Waals surface area contributed by atoms with Crippen LogP contribution in [0.15, 0.2) is 224 Å². The van der Waals surface area contributed by atoms with Gasteiger partial charge in [-0.25, -0.2) is 9.97 Å². The van der Waals surface area contributed by atoms with Crippen LogP contribution in [0.3, 0.4) is 0 Å². The molecule has 0 saturated heterocycles. The molecule has 3 nitrogen and oxygen atoms in total. The van der Waals surface area contributed by atoms with Crippen molar-refractivity contribution in [2.75, 3.05) is 0 Å². The summed E-state index contributed by atoms with van der Waals surface area (Å²) in [6, 6.07) is 80.0. The van der Waals surface area contributed by atoms with Crippen molar-refractivity contribution in [3.63, 3.8) is 0 Å². The van der Waals surface area contributed by atoms with E-state index in [0.717, 1.165) is 78.2 Å². The number of nitriles is 1. The van der Waals surface area contributed by atoms with Gasteiger partial charge in [0, 0.05) is 16.7 Å². The van der Waals surface area contributed by atoms with E-state index >= 15 is 0 Å². The Labute approximate surface area is 339 Å². The average Bonchev–Trinajstić information content (AvgIpc) is 3.32. The molecular weight excluding hydrogens is 703 g/mol. The van der Waals surface area contributed by atoms with Crippen LogP contribution in [0.2, 0.25) is 0 Å². The molecule has 0 saturated carbocycles. The molecule has 1 aromatic heterocycles. The van der Waals surface area contributed by atoms with Gasteiger partial charge in [0.1, 0.15) is 0 Å². The Hall–Kier alpha value is -7.93. The second-order valence-electron chi connectivity index (χ2n) is 14.1. The second kappa shape index (κ2) is 16.4. The Kier molecular flexibility index (Phi) is 10.1. The first kappa shape index (κ1) is 35.8. The molecule has 0 N–H and O–H groups in total. The summed E-state index contributed by atoms with van der Waals surface area (Å²) in [6.07, 6.45) is 0. The lowest BCUT2D eigenvalue weighted by Gasteiger charge is -2.18. The van der Waals surface area contributed by atoms with Crippen molar-refractivity contribution >= 4 is 11.1 Å². The van der Waals surface area contributed by atoms with Crippen LogP contribution >= 0.6 is 0 Å². The predicted octanol–water partition coefficient (Wildman–Crippen LogP) is 13.7. The van der Waals surface area contributed by atoms with E-state index in [1.54, 1.807) is 0 Å². The first-order valence-electron chi connectivity index (χ1n) is 19.4. The van der Waals surface area contributed by atoms with Gasteiger partial charge in [-0.15, -0.1) is 0 Å². The maximum absolute atomic E-state index is 9.82. The third-order valence-corrected chi connectivity index (χ3v) is 10.3. The summed E-state index contributed by atoms with van der Waals surface area (Å²) < 4.78 is 0. The minimum absolute atomic E-state index is 0.612. The van der Waals surface area contributed by atoms with Crippen molar-refractivity contribution in [3.8, 4) is 62.2 Å². The Morgan fingerprint density at radius 3 is 1.24 bits per heavy atom. The summed E-state index contributed by atoms with van der Waals surface area (Å²) >= 11 is 0. The SMILES string of the molecule is N#Cc1cccc(-c2cc(-c3ccc(C(=C(c4ccccc4)c4ccccc4)c4ccccc4)cc3)cc(-c3cc(-c4ccccc4)nc(-c4ccccc4)n3)c2)c1. The van der Waals surface area contributed by atoms with Gasteiger partial charge in [0.05, 0.1) is 23.0 Å². The third-order valence-electron chi connectivity index (χ3n) is 10.3. The van der Waals surface area contributed by atoms with Crippen LogP contribution in [0.1, 0.15) is 27.8 Å². The molecule has 9 aromatic rings. The number of aromatic nitrogens is 2. The molecule has 3 heteroatoms. The molecule has 0 atom stereocenters. The molecule has 0 spiro atoms. The van der Waals surface area contributed by atoms with E-state index in [1.807, 2.05) is 66.7 Å². The lowest BCUT2D eigenvalue weighted by Crippen LogP contribution is -1.98. The fourth-order valence-electron chi connectivity index (χ4n) is 7.50. The van der Waals surface area contributed by atoms with E-state index < -0.39 is 0 Å². The molecular formula is C55H37N3. The molecule has 272 valence electrons. The largest absolute Gasteiger partial charge is 0.228 e. The number of nitrogens with zero attached hydrogens (tertiary/aromatic N) is 3. The van der Waals surface area contributed by atoms with Gasteiger partial charge in [-0.1, -0.05) is 188 Å². The van der Waals surface area contributed by atoms with Crippen molar-refractivity contribution in [3.05, 3.63) is 252 Å². The summed E-state index contributed by atoms with van der Waals surface area (Å²) in [6.45, 7) is 0. The van der Waals surface area contributed by atoms with Gasteiger partial charge in [-0.3, -0.25) is 0 Å². The van der Waals surface area contributed by atoms with E-state index in [1.165, 1.54) is 5.57 Å². The standard InChI is InChI=1S/C55H37N3/c56-38-39-17-16-28-47(33-39)49-34-48(35-50(36-49)52-37-51(41-18-6-1-7-19-41)57-55(58-52)46-26-14-5-15-27-46)40-29-31-45(32-30-40)54(44-24-12-4-13-25-44)53(42-20-8-2-9-21-42)43-22-10-3-11-23-43/h1-37H. The van der Waals surface area contributed by atoms with Crippen LogP contribution in [0, 0.1) is 11.3 Å². The Morgan fingerprint density at radius 1 is 0.310 bits per heavy atom. The molecule has 0 aliphatic rings. The highest BCUT2D eigenvalue weighted by molar-refractivity contribution is 6.04. The summed E-state index contributed by atoms with van der Waals surface area (Å²) in [5.41, 5.74) is 16.2. The zero-order chi connectivity index (χ0) is 39.1. The molecule has 8 aromatic carbocycles. The predicted molar refractivity (Wildman–Crippen MR) is 238 cm³/mol. The van der Waals surface area contributed by atoms with Crippen LogP contribution in [-0.2, 0) is 0 Å². The molecule has 0 radical (unpaired) electrons. The highest BCUT2D eigenvalue weighted by Crippen LogP contribution is 2.39. The molecule has 0 bridgehead atoms. The molecule has 0 amide bonds. The van der Waals surface area contributed by atoms with E-state index in [0.29, 0.717) is 11.4 Å². The number of benzene rings is 8. The van der Waals surface area contributed by atoms with Crippen molar-refractivity contribution < 1.29 is 0 Å². The summed E-state index contributed by atoms with van der Waals surface area (Å²) in [5, 5.41) is 9.82. The Bertz CT molecular complexity index is 2800. The minimum atomic E-state index is 0.612. The highest BCUT2D eigenvalue weighted by Gasteiger charge is 2.18. The van der Waals surface area contributed by atoms with Gasteiger partial charge in [-0.2, -0.15) is 5.26 Å².